The summed E-state index contributed by atoms with van der Waals surface area (Å²) in [5.74, 6) is -0.647. The Balaban J connectivity index is 1.05. The number of aromatic nitrogens is 4. The van der Waals surface area contributed by atoms with E-state index >= 15 is 0 Å². The molecule has 3 aliphatic heterocycles. The molecule has 0 unspecified atom stereocenters. The van der Waals surface area contributed by atoms with Gasteiger partial charge in [0.15, 0.2) is 0 Å². The molecule has 0 bridgehead atoms. The van der Waals surface area contributed by atoms with E-state index in [1.165, 1.54) is 12.1 Å². The van der Waals surface area contributed by atoms with E-state index in [0.29, 0.717) is 29.8 Å². The van der Waals surface area contributed by atoms with Crippen molar-refractivity contribution in [2.75, 3.05) is 88.5 Å². The number of hydrogen-bond donors (Lipinski definition) is 1. The smallest absolute Gasteiger partial charge is 0.336 e. The van der Waals surface area contributed by atoms with Crippen molar-refractivity contribution in [3.05, 3.63) is 99.4 Å². The molecule has 2 fully saturated rings. The summed E-state index contributed by atoms with van der Waals surface area (Å²) in [6.45, 7) is 11.9. The molecular formula is C37H46N10O6. The molecule has 2 saturated heterocycles. The molecule has 1 aromatic carbocycles. The number of anilines is 2. The number of nitrogens with zero attached hydrogens (tertiary/aromatic N) is 9. The lowest BCUT2D eigenvalue weighted by Crippen LogP contribution is -2.47. The fourth-order valence-electron chi connectivity index (χ4n) is 7.00. The van der Waals surface area contributed by atoms with Crippen molar-refractivity contribution >= 4 is 29.5 Å². The average Bonchev–Trinajstić information content (AvgIpc) is 3.19. The van der Waals surface area contributed by atoms with Crippen molar-refractivity contribution in [1.82, 2.24) is 35.1 Å². The minimum Gasteiger partial charge on any atom is -0.462 e. The molecule has 0 amide bonds. The highest BCUT2D eigenvalue weighted by Gasteiger charge is 2.38. The van der Waals surface area contributed by atoms with Crippen LogP contribution in [0.3, 0.4) is 0 Å². The standard InChI is InChI=1S/C37H46N10O6/c1-27-31(34(48)52-24-6-14-43-16-20-45(21-17-43)36-38-10-4-11-39-36)33(29-8-3-9-30(26-29)47(50)51)32(28(2)42-27)35(49)53-25-7-15-44-18-22-46(23-19-44)37-40-12-5-13-41-37/h3-5,8-13,26,33,42H,6-7,14-25H2,1-2H3. The van der Waals surface area contributed by atoms with Gasteiger partial charge in [-0.3, -0.25) is 19.9 Å². The second-order valence-electron chi connectivity index (χ2n) is 13.2. The van der Waals surface area contributed by atoms with Crippen LogP contribution in [0.1, 0.15) is 38.2 Å². The van der Waals surface area contributed by atoms with Crippen molar-refractivity contribution in [2.45, 2.75) is 32.6 Å². The lowest BCUT2D eigenvalue weighted by atomic mass is 9.80. The van der Waals surface area contributed by atoms with Crippen LogP contribution in [0.5, 0.6) is 0 Å². The van der Waals surface area contributed by atoms with Crippen molar-refractivity contribution in [1.29, 1.82) is 0 Å². The maximum atomic E-state index is 13.8. The first-order valence-electron chi connectivity index (χ1n) is 18.0. The summed E-state index contributed by atoms with van der Waals surface area (Å²) in [6, 6.07) is 9.62. The maximum Gasteiger partial charge on any atom is 0.336 e. The van der Waals surface area contributed by atoms with Crippen LogP contribution in [0.2, 0.25) is 0 Å². The van der Waals surface area contributed by atoms with E-state index < -0.39 is 22.8 Å². The number of allylic oxidation sites excluding steroid dienone is 2. The molecule has 2 aromatic heterocycles. The number of rotatable bonds is 14. The Bertz CT molecular complexity index is 1690. The van der Waals surface area contributed by atoms with E-state index in [9.17, 15) is 19.7 Å². The molecular weight excluding hydrogens is 680 g/mol. The molecule has 5 heterocycles. The number of non-ortho nitro benzene ring substituents is 1. The van der Waals surface area contributed by atoms with E-state index in [0.717, 1.165) is 77.3 Å². The van der Waals surface area contributed by atoms with E-state index in [-0.39, 0.29) is 30.0 Å². The number of nitrogens with one attached hydrogen (secondary N) is 1. The first-order valence-corrected chi connectivity index (χ1v) is 18.0. The van der Waals surface area contributed by atoms with Crippen LogP contribution in [0.25, 0.3) is 0 Å². The number of ether oxygens (including phenoxy) is 2. The van der Waals surface area contributed by atoms with Crippen molar-refractivity contribution in [3.63, 3.8) is 0 Å². The molecule has 16 heteroatoms. The Labute approximate surface area is 308 Å². The minimum atomic E-state index is -0.919. The van der Waals surface area contributed by atoms with Gasteiger partial charge in [0.25, 0.3) is 5.69 Å². The van der Waals surface area contributed by atoms with Gasteiger partial charge in [0, 0.05) is 114 Å². The molecule has 3 aliphatic rings. The van der Waals surface area contributed by atoms with Crippen LogP contribution < -0.4 is 15.1 Å². The highest BCUT2D eigenvalue weighted by molar-refractivity contribution is 6.00. The SMILES string of the molecule is CC1=C(C(=O)OCCCN2CCN(c3ncccn3)CC2)C(c2cccc([N+](=O)[O-])c2)C(C(=O)OCCCN2CCN(c3ncccn3)CC2)=C(C)N1. The molecule has 16 nitrogen and oxygen atoms in total. The van der Waals surface area contributed by atoms with Gasteiger partial charge in [-0.05, 0) is 44.4 Å². The summed E-state index contributed by atoms with van der Waals surface area (Å²) in [5, 5.41) is 14.9. The summed E-state index contributed by atoms with van der Waals surface area (Å²) >= 11 is 0. The Morgan fingerprint density at radius 2 is 1.19 bits per heavy atom. The van der Waals surface area contributed by atoms with Crippen LogP contribution in [0.4, 0.5) is 17.6 Å². The lowest BCUT2D eigenvalue weighted by Gasteiger charge is -2.34. The third-order valence-electron chi connectivity index (χ3n) is 9.73. The van der Waals surface area contributed by atoms with Gasteiger partial charge in [-0.2, -0.15) is 0 Å². The highest BCUT2D eigenvalue weighted by Crippen LogP contribution is 2.40. The average molecular weight is 727 g/mol. The number of carbonyl (C=O) groups excluding carboxylic acids is 2. The Kier molecular flexibility index (Phi) is 12.5. The van der Waals surface area contributed by atoms with Gasteiger partial charge >= 0.3 is 11.9 Å². The third-order valence-corrected chi connectivity index (χ3v) is 9.73. The zero-order valence-electron chi connectivity index (χ0n) is 30.2. The normalized spacial score (nSPS) is 17.5. The van der Waals surface area contributed by atoms with Gasteiger partial charge in [0.1, 0.15) is 0 Å². The molecule has 3 aromatic rings. The van der Waals surface area contributed by atoms with Crippen LogP contribution in [-0.4, -0.2) is 125 Å². The summed E-state index contributed by atoms with van der Waals surface area (Å²) in [5.41, 5.74) is 1.76. The van der Waals surface area contributed by atoms with Crippen LogP contribution in [0.15, 0.2) is 83.7 Å². The molecule has 280 valence electrons. The van der Waals surface area contributed by atoms with Crippen molar-refractivity contribution in [3.8, 4) is 0 Å². The molecule has 0 radical (unpaired) electrons. The fourth-order valence-corrected chi connectivity index (χ4v) is 7.00. The molecule has 0 saturated carbocycles. The summed E-state index contributed by atoms with van der Waals surface area (Å²) in [7, 11) is 0. The molecule has 0 aliphatic carbocycles. The van der Waals surface area contributed by atoms with Crippen LogP contribution in [-0.2, 0) is 19.1 Å². The number of carbonyl (C=O) groups is 2. The third kappa shape index (κ3) is 9.50. The predicted molar refractivity (Wildman–Crippen MR) is 197 cm³/mol. The number of nitro benzene ring substituents is 1. The summed E-state index contributed by atoms with van der Waals surface area (Å²) < 4.78 is 11.6. The van der Waals surface area contributed by atoms with Crippen LogP contribution >= 0.6 is 0 Å². The Hall–Kier alpha value is -5.48. The maximum absolute atomic E-state index is 13.8. The molecule has 53 heavy (non-hydrogen) atoms. The molecule has 0 spiro atoms. The van der Waals surface area contributed by atoms with Crippen LogP contribution in [0, 0.1) is 10.1 Å². The largest absolute Gasteiger partial charge is 0.462 e. The van der Waals surface area contributed by atoms with E-state index in [2.05, 4.69) is 44.9 Å². The summed E-state index contributed by atoms with van der Waals surface area (Å²) in [6.07, 6.45) is 8.19. The van der Waals surface area contributed by atoms with E-state index in [1.807, 2.05) is 0 Å². The fraction of sp³-hybridized carbons (Fsp3) is 0.459. The predicted octanol–water partition coefficient (Wildman–Crippen LogP) is 2.92. The number of benzene rings is 1. The van der Waals surface area contributed by atoms with Gasteiger partial charge < -0.3 is 24.6 Å². The second-order valence-corrected chi connectivity index (χ2v) is 13.2. The number of dihydropyridines is 1. The Morgan fingerprint density at radius 3 is 1.62 bits per heavy atom. The lowest BCUT2D eigenvalue weighted by molar-refractivity contribution is -0.384. The van der Waals surface area contributed by atoms with Gasteiger partial charge in [0.05, 0.1) is 35.2 Å². The van der Waals surface area contributed by atoms with Gasteiger partial charge in [-0.25, -0.2) is 29.5 Å². The number of hydrogen-bond acceptors (Lipinski definition) is 15. The molecule has 0 atom stereocenters. The number of piperazine rings is 2. The molecule has 6 rings (SSSR count). The van der Waals surface area contributed by atoms with Gasteiger partial charge in [-0.15, -0.1) is 0 Å². The zero-order chi connectivity index (χ0) is 37.2. The number of nitro groups is 1. The van der Waals surface area contributed by atoms with Crippen molar-refractivity contribution < 1.29 is 24.0 Å². The molecule has 1 N–H and O–H groups in total. The second kappa shape index (κ2) is 17.8. The zero-order valence-corrected chi connectivity index (χ0v) is 30.2. The first-order chi connectivity index (χ1) is 25.8. The van der Waals surface area contributed by atoms with Crippen molar-refractivity contribution in [2.24, 2.45) is 0 Å². The van der Waals surface area contributed by atoms with Gasteiger partial charge in [-0.1, -0.05) is 12.1 Å². The minimum absolute atomic E-state index is 0.144. The highest BCUT2D eigenvalue weighted by atomic mass is 16.6. The van der Waals surface area contributed by atoms with E-state index in [4.69, 9.17) is 9.47 Å². The monoisotopic (exact) mass is 726 g/mol. The van der Waals surface area contributed by atoms with E-state index in [1.54, 1.807) is 62.9 Å². The first kappa shape index (κ1) is 37.3. The topological polar surface area (TPSA) is 172 Å². The number of esters is 2. The Morgan fingerprint density at radius 1 is 0.736 bits per heavy atom. The quantitative estimate of drug-likeness (QED) is 0.111. The van der Waals surface area contributed by atoms with Gasteiger partial charge in [0.2, 0.25) is 11.9 Å². The summed E-state index contributed by atoms with van der Waals surface area (Å²) in [4.78, 5) is 65.1.